The summed E-state index contributed by atoms with van der Waals surface area (Å²) in [6, 6.07) is 4.39. The van der Waals surface area contributed by atoms with Gasteiger partial charge in [-0.1, -0.05) is 6.07 Å². The second kappa shape index (κ2) is 11.3. The Bertz CT molecular complexity index is 708. The van der Waals surface area contributed by atoms with Gasteiger partial charge in [0, 0.05) is 44.5 Å². The van der Waals surface area contributed by atoms with Crippen LogP contribution < -0.4 is 10.6 Å². The van der Waals surface area contributed by atoms with Crippen molar-refractivity contribution in [3.05, 3.63) is 30.1 Å². The summed E-state index contributed by atoms with van der Waals surface area (Å²) in [6.45, 7) is 3.54. The molecule has 168 valence electrons. The van der Waals surface area contributed by atoms with E-state index in [1.54, 1.807) is 6.20 Å². The maximum absolute atomic E-state index is 12.7. The molecule has 2 N–H and O–H groups in total. The van der Waals surface area contributed by atoms with Crippen LogP contribution in [0.25, 0.3) is 0 Å². The molecule has 9 heteroatoms. The van der Waals surface area contributed by atoms with Crippen molar-refractivity contribution in [2.45, 2.75) is 44.3 Å². The summed E-state index contributed by atoms with van der Waals surface area (Å²) in [5, 5.41) is 6.65. The second-order valence-corrected chi connectivity index (χ2v) is 8.58. The predicted octanol–water partition coefficient (Wildman–Crippen LogP) is 1.46. The summed E-state index contributed by atoms with van der Waals surface area (Å²) >= 11 is 0. The quantitative estimate of drug-likeness (QED) is 0.675. The molecule has 0 radical (unpaired) electrons. The number of likely N-dealkylation sites (N-methyl/N-ethyl adjacent to an activating group) is 1. The van der Waals surface area contributed by atoms with E-state index in [4.69, 9.17) is 0 Å². The highest BCUT2D eigenvalue weighted by Gasteiger charge is 2.47. The van der Waals surface area contributed by atoms with Gasteiger partial charge in [0.2, 0.25) is 11.8 Å². The van der Waals surface area contributed by atoms with Crippen LogP contribution in [-0.2, 0) is 16.1 Å². The van der Waals surface area contributed by atoms with Crippen molar-refractivity contribution in [2.24, 2.45) is 11.8 Å². The molecule has 0 unspecified atom stereocenters. The fraction of sp³-hybridized carbons (Fsp3) is 0.667. The Labute approximate surface area is 191 Å². The molecule has 4 atom stereocenters. The molecule has 1 aromatic heterocycles. The Balaban J connectivity index is 0.00000160. The monoisotopic (exact) mass is 457 g/mol. The van der Waals surface area contributed by atoms with Crippen LogP contribution in [0.15, 0.2) is 24.5 Å². The van der Waals surface area contributed by atoms with E-state index < -0.39 is 0 Å². The van der Waals surface area contributed by atoms with Crippen LogP contribution in [0.5, 0.6) is 0 Å². The third-order valence-electron chi connectivity index (χ3n) is 6.50. The number of carbonyl (C=O) groups is 2. The first-order valence-corrected chi connectivity index (χ1v) is 10.5. The van der Waals surface area contributed by atoms with Gasteiger partial charge in [-0.2, -0.15) is 0 Å². The number of hydrogen-bond donors (Lipinski definition) is 2. The highest BCUT2D eigenvalue weighted by Crippen LogP contribution is 2.39. The fourth-order valence-corrected chi connectivity index (χ4v) is 5.28. The molecule has 0 spiro atoms. The van der Waals surface area contributed by atoms with Crippen LogP contribution in [0.1, 0.15) is 31.2 Å². The molecule has 4 rings (SSSR count). The lowest BCUT2D eigenvalue weighted by atomic mass is 9.72. The van der Waals surface area contributed by atoms with Crippen molar-refractivity contribution in [1.82, 2.24) is 25.4 Å². The van der Waals surface area contributed by atoms with E-state index in [9.17, 15) is 9.59 Å². The number of hydrogen-bond acceptors (Lipinski definition) is 5. The molecule has 3 saturated heterocycles. The number of carbonyl (C=O) groups excluding carboxylic acids is 2. The number of halogens is 2. The number of fused-ring (bicyclic) bond motifs is 4. The number of amides is 2. The molecule has 3 aliphatic heterocycles. The van der Waals surface area contributed by atoms with Gasteiger partial charge < -0.3 is 15.5 Å². The van der Waals surface area contributed by atoms with Gasteiger partial charge in [0.15, 0.2) is 0 Å². The molecule has 0 aromatic carbocycles. The number of piperidine rings is 3. The topological polar surface area (TPSA) is 77.6 Å². The lowest BCUT2D eigenvalue weighted by molar-refractivity contribution is -0.149. The lowest BCUT2D eigenvalue weighted by Gasteiger charge is -2.54. The smallest absolute Gasteiger partial charge is 0.234 e. The number of rotatable bonds is 6. The average molecular weight is 458 g/mol. The maximum Gasteiger partial charge on any atom is 0.234 e. The van der Waals surface area contributed by atoms with Crippen LogP contribution in [-0.4, -0.2) is 71.9 Å². The summed E-state index contributed by atoms with van der Waals surface area (Å²) in [7, 11) is 1.94. The summed E-state index contributed by atoms with van der Waals surface area (Å²) in [6.07, 6.45) is 7.50. The number of nitrogens with one attached hydrogen (secondary N) is 2. The van der Waals surface area contributed by atoms with E-state index in [0.717, 1.165) is 31.5 Å². The van der Waals surface area contributed by atoms with Crippen molar-refractivity contribution >= 4 is 36.6 Å². The van der Waals surface area contributed by atoms with Gasteiger partial charge in [0.25, 0.3) is 0 Å². The molecular weight excluding hydrogens is 425 g/mol. The first-order chi connectivity index (χ1) is 13.6. The number of aromatic nitrogens is 1. The van der Waals surface area contributed by atoms with E-state index in [2.05, 4.69) is 20.5 Å². The van der Waals surface area contributed by atoms with Crippen molar-refractivity contribution < 1.29 is 9.59 Å². The number of nitrogens with zero attached hydrogens (tertiary/aromatic N) is 3. The van der Waals surface area contributed by atoms with Crippen molar-refractivity contribution in [3.8, 4) is 0 Å². The molecule has 30 heavy (non-hydrogen) atoms. The summed E-state index contributed by atoms with van der Waals surface area (Å²) in [5.74, 6) is 1.30. The van der Waals surface area contributed by atoms with Gasteiger partial charge in [-0.3, -0.25) is 19.5 Å². The zero-order valence-corrected chi connectivity index (χ0v) is 19.1. The first kappa shape index (κ1) is 24.9. The SMILES string of the molecule is CN(CC(=O)NC[C@H]1[C@@H]2CNC[C@@H](C2)[C@@H]2CCCC(=O)N21)Cc1cccnc1.Cl.Cl. The Morgan fingerprint density at radius 3 is 2.90 bits per heavy atom. The van der Waals surface area contributed by atoms with Gasteiger partial charge in [0.1, 0.15) is 0 Å². The predicted molar refractivity (Wildman–Crippen MR) is 121 cm³/mol. The summed E-state index contributed by atoms with van der Waals surface area (Å²) in [5.41, 5.74) is 1.09. The van der Waals surface area contributed by atoms with Crippen LogP contribution in [0.2, 0.25) is 0 Å². The molecule has 1 aromatic rings. The van der Waals surface area contributed by atoms with Crippen molar-refractivity contribution in [1.29, 1.82) is 0 Å². The molecule has 3 aliphatic rings. The largest absolute Gasteiger partial charge is 0.353 e. The highest BCUT2D eigenvalue weighted by molar-refractivity contribution is 5.85. The maximum atomic E-state index is 12.7. The number of pyridine rings is 1. The fourth-order valence-electron chi connectivity index (χ4n) is 5.28. The molecule has 3 fully saturated rings. The van der Waals surface area contributed by atoms with Crippen LogP contribution in [0, 0.1) is 11.8 Å². The standard InChI is InChI=1S/C21H31N5O2.2ClH/c1-25(13-15-4-3-7-22-9-15)14-20(27)24-12-19-17-8-16(10-23-11-17)18-5-2-6-21(28)26(18)19;;/h3-4,7,9,16-19,23H,2,5-6,8,10-14H2,1H3,(H,24,27);2*1H/t16-,17+,18+,19+;;/m1../s1. The average Bonchev–Trinajstić information content (AvgIpc) is 2.69. The Morgan fingerprint density at radius 2 is 2.13 bits per heavy atom. The lowest BCUT2D eigenvalue weighted by Crippen LogP contribution is -2.66. The van der Waals surface area contributed by atoms with Crippen LogP contribution in [0.4, 0.5) is 0 Å². The van der Waals surface area contributed by atoms with E-state index >= 15 is 0 Å². The zero-order chi connectivity index (χ0) is 19.5. The van der Waals surface area contributed by atoms with E-state index in [0.29, 0.717) is 43.9 Å². The minimum Gasteiger partial charge on any atom is -0.353 e. The molecule has 4 heterocycles. The Morgan fingerprint density at radius 1 is 1.33 bits per heavy atom. The van der Waals surface area contributed by atoms with Gasteiger partial charge in [-0.15, -0.1) is 24.8 Å². The van der Waals surface area contributed by atoms with Gasteiger partial charge in [-0.25, -0.2) is 0 Å². The minimum atomic E-state index is 0. The van der Waals surface area contributed by atoms with Gasteiger partial charge in [0.05, 0.1) is 12.6 Å². The highest BCUT2D eigenvalue weighted by atomic mass is 35.5. The molecule has 0 saturated carbocycles. The minimum absolute atomic E-state index is 0. The first-order valence-electron chi connectivity index (χ1n) is 10.5. The molecule has 2 amide bonds. The molecule has 0 aliphatic carbocycles. The normalized spacial score (nSPS) is 27.5. The third kappa shape index (κ3) is 5.63. The molecule has 7 nitrogen and oxygen atoms in total. The van der Waals surface area contributed by atoms with E-state index in [1.165, 1.54) is 6.42 Å². The second-order valence-electron chi connectivity index (χ2n) is 8.58. The Kier molecular flexibility index (Phi) is 9.34. The summed E-state index contributed by atoms with van der Waals surface area (Å²) < 4.78 is 0. The van der Waals surface area contributed by atoms with Crippen LogP contribution >= 0.6 is 24.8 Å². The van der Waals surface area contributed by atoms with Crippen molar-refractivity contribution in [3.63, 3.8) is 0 Å². The molecular formula is C21H33Cl2N5O2. The van der Waals surface area contributed by atoms with Gasteiger partial charge >= 0.3 is 0 Å². The summed E-state index contributed by atoms with van der Waals surface area (Å²) in [4.78, 5) is 33.4. The van der Waals surface area contributed by atoms with E-state index in [-0.39, 0.29) is 42.7 Å². The Hall–Kier alpha value is -1.41. The van der Waals surface area contributed by atoms with Crippen molar-refractivity contribution in [2.75, 3.05) is 33.2 Å². The molecule has 2 bridgehead atoms. The third-order valence-corrected chi connectivity index (χ3v) is 6.50. The zero-order valence-electron chi connectivity index (χ0n) is 17.5. The van der Waals surface area contributed by atoms with E-state index in [1.807, 2.05) is 30.3 Å². The van der Waals surface area contributed by atoms with Crippen LogP contribution in [0.3, 0.4) is 0 Å². The van der Waals surface area contributed by atoms with Gasteiger partial charge in [-0.05, 0) is 56.3 Å².